The van der Waals surface area contributed by atoms with Crippen molar-refractivity contribution in [1.82, 2.24) is 0 Å². The number of aryl methyl sites for hydroxylation is 8. The number of benzene rings is 8. The summed E-state index contributed by atoms with van der Waals surface area (Å²) in [6.07, 6.45) is 18.0. The monoisotopic (exact) mass is 990 g/mol. The molecule has 0 saturated heterocycles. The number of hydrogen-bond donors (Lipinski definition) is 0. The van der Waals surface area contributed by atoms with E-state index in [9.17, 15) is 0 Å². The Labute approximate surface area is 447 Å². The van der Waals surface area contributed by atoms with Crippen molar-refractivity contribution in [3.63, 3.8) is 0 Å². The zero-order chi connectivity index (χ0) is 52.5. The van der Waals surface area contributed by atoms with Gasteiger partial charge in [0.1, 0.15) is 11.6 Å². The van der Waals surface area contributed by atoms with Crippen LogP contribution in [0.4, 0.5) is 31.5 Å². The molecule has 0 aliphatic heterocycles. The quantitative estimate of drug-likeness (QED) is 0.135. The minimum Gasteiger partial charge on any atom is -0.330 e. The molecule has 372 valence electrons. The van der Waals surface area contributed by atoms with Crippen molar-refractivity contribution in [3.05, 3.63) is 296 Å². The maximum absolute atomic E-state index is 15.8. The lowest BCUT2D eigenvalue weighted by Crippen LogP contribution is -2.37. The fourth-order valence-corrected chi connectivity index (χ4v) is 11.6. The van der Waals surface area contributed by atoms with E-state index in [1.54, 1.807) is 18.2 Å². The zero-order valence-electron chi connectivity index (χ0n) is 44.4. The first-order valence-corrected chi connectivity index (χ1v) is 26.4. The fourth-order valence-electron chi connectivity index (χ4n) is 11.6. The van der Waals surface area contributed by atoms with Crippen LogP contribution in [-0.2, 0) is 0 Å². The molecule has 8 aromatic rings. The third kappa shape index (κ3) is 8.62. The number of halogens is 2. The first-order valence-electron chi connectivity index (χ1n) is 26.4. The van der Waals surface area contributed by atoms with E-state index < -0.39 is 0 Å². The fraction of sp³-hybridized carbons (Fsp3) is 0.139. The Morgan fingerprint density at radius 2 is 0.882 bits per heavy atom. The Hall–Kier alpha value is -8.60. The minimum absolute atomic E-state index is 0.135. The average molecular weight is 991 g/mol. The summed E-state index contributed by atoms with van der Waals surface area (Å²) in [5.41, 5.74) is 28.8. The van der Waals surface area contributed by atoms with E-state index in [1.165, 1.54) is 67.8 Å². The van der Waals surface area contributed by atoms with E-state index in [4.69, 9.17) is 0 Å². The standard InChI is InChI=1S/C72H60F2N2/c1-43-15-19-53(35-47(43)5)55-27-33-69(65(39-55)57-21-17-45(3)49(7)37-57)75(61-13-9-11-59(73)41-61)67-31-25-51-24-30-64-68(32-26-52-23-29-63(67)71(51)72(52)64)76(62-14-10-12-60(74)42-62)70-34-28-56(54-20-16-44(2)48(6)36-54)40-66(70)58-22-18-46(4)50(8)38-58/h9-42,67,72H,1-8H3. The van der Waals surface area contributed by atoms with Gasteiger partial charge < -0.3 is 9.80 Å². The van der Waals surface area contributed by atoms with Crippen molar-refractivity contribution in [1.29, 1.82) is 0 Å². The molecule has 2 atom stereocenters. The molecule has 0 bridgehead atoms. The van der Waals surface area contributed by atoms with E-state index in [-0.39, 0.29) is 23.6 Å². The van der Waals surface area contributed by atoms with Crippen molar-refractivity contribution in [3.8, 4) is 44.5 Å². The van der Waals surface area contributed by atoms with Gasteiger partial charge in [-0.2, -0.15) is 0 Å². The van der Waals surface area contributed by atoms with Crippen molar-refractivity contribution in [2.24, 2.45) is 5.92 Å². The van der Waals surface area contributed by atoms with Crippen molar-refractivity contribution >= 4 is 22.7 Å². The molecule has 0 spiro atoms. The highest BCUT2D eigenvalue weighted by molar-refractivity contribution is 5.92. The zero-order valence-corrected chi connectivity index (χ0v) is 44.4. The first kappa shape index (κ1) is 48.3. The molecule has 4 aliphatic carbocycles. The van der Waals surface area contributed by atoms with Gasteiger partial charge in [0.05, 0.1) is 17.4 Å². The summed E-state index contributed by atoms with van der Waals surface area (Å²) in [6.45, 7) is 17.3. The molecule has 4 heteroatoms. The molecular weight excluding hydrogens is 931 g/mol. The van der Waals surface area contributed by atoms with Crippen LogP contribution >= 0.6 is 0 Å². The molecule has 8 aromatic carbocycles. The molecule has 0 radical (unpaired) electrons. The second kappa shape index (κ2) is 19.3. The van der Waals surface area contributed by atoms with Crippen molar-refractivity contribution < 1.29 is 8.78 Å². The minimum atomic E-state index is -0.313. The molecule has 0 aromatic heterocycles. The van der Waals surface area contributed by atoms with Crippen LogP contribution in [0.25, 0.3) is 44.5 Å². The molecule has 0 saturated carbocycles. The highest BCUT2D eigenvalue weighted by Crippen LogP contribution is 2.53. The number of rotatable bonds is 10. The number of allylic oxidation sites excluding steroid dienone is 10. The maximum Gasteiger partial charge on any atom is 0.125 e. The van der Waals surface area contributed by atoms with Gasteiger partial charge in [-0.05, 0) is 228 Å². The summed E-state index contributed by atoms with van der Waals surface area (Å²) in [5.74, 6) is -0.738. The predicted molar refractivity (Wildman–Crippen MR) is 315 cm³/mol. The van der Waals surface area contributed by atoms with Crippen molar-refractivity contribution in [2.75, 3.05) is 9.80 Å². The van der Waals surface area contributed by atoms with E-state index >= 15 is 8.78 Å². The van der Waals surface area contributed by atoms with Crippen LogP contribution in [0.2, 0.25) is 0 Å². The van der Waals surface area contributed by atoms with Crippen LogP contribution in [-0.4, -0.2) is 6.04 Å². The maximum atomic E-state index is 15.8. The summed E-state index contributed by atoms with van der Waals surface area (Å²) in [7, 11) is 0. The van der Waals surface area contributed by atoms with E-state index in [0.29, 0.717) is 0 Å². The van der Waals surface area contributed by atoms with Crippen molar-refractivity contribution in [2.45, 2.75) is 61.4 Å². The van der Waals surface area contributed by atoms with Gasteiger partial charge in [-0.3, -0.25) is 0 Å². The molecule has 0 amide bonds. The Bertz CT molecular complexity index is 3960. The van der Waals surface area contributed by atoms with Crippen LogP contribution in [0.15, 0.2) is 240 Å². The first-order chi connectivity index (χ1) is 36.8. The van der Waals surface area contributed by atoms with Crippen LogP contribution < -0.4 is 9.80 Å². The largest absolute Gasteiger partial charge is 0.330 e. The summed E-state index contributed by atoms with van der Waals surface area (Å²) in [4.78, 5) is 4.59. The lowest BCUT2D eigenvalue weighted by Gasteiger charge is -2.44. The van der Waals surface area contributed by atoms with Crippen LogP contribution in [0.5, 0.6) is 0 Å². The SMILES string of the molecule is Cc1ccc(-c2ccc(N(C3=C4C=CC5=C6C(=CC=C(C=C3)C46)C(N(c3cccc(F)c3)c3ccc(-c4ccc(C)c(C)c4)cc3-c3ccc(C)c(C)c3)C=C5)c3cccc(F)c3)c(-c3ccc(C)c(C)c3)c2)cc1C. The Kier molecular flexibility index (Phi) is 12.3. The third-order valence-corrected chi connectivity index (χ3v) is 16.4. The molecule has 2 unspecified atom stereocenters. The van der Waals surface area contributed by atoms with Gasteiger partial charge >= 0.3 is 0 Å². The summed E-state index contributed by atoms with van der Waals surface area (Å²) in [5, 5.41) is 0. The lowest BCUT2D eigenvalue weighted by molar-refractivity contribution is 0.627. The normalized spacial score (nSPS) is 16.2. The smallest absolute Gasteiger partial charge is 0.125 e. The summed E-state index contributed by atoms with van der Waals surface area (Å²) < 4.78 is 31.5. The van der Waals surface area contributed by atoms with E-state index in [2.05, 4.69) is 223 Å². The number of anilines is 4. The molecule has 0 heterocycles. The number of nitrogens with zero attached hydrogens (tertiary/aromatic N) is 2. The highest BCUT2D eigenvalue weighted by Gasteiger charge is 2.40. The Morgan fingerprint density at radius 3 is 1.45 bits per heavy atom. The van der Waals surface area contributed by atoms with E-state index in [1.807, 2.05) is 18.2 Å². The van der Waals surface area contributed by atoms with Crippen LogP contribution in [0.3, 0.4) is 0 Å². The second-order valence-electron chi connectivity index (χ2n) is 21.2. The Balaban J connectivity index is 1.03. The lowest BCUT2D eigenvalue weighted by atomic mass is 9.67. The topological polar surface area (TPSA) is 6.48 Å². The summed E-state index contributed by atoms with van der Waals surface area (Å²) in [6, 6.07) is 53.8. The molecule has 2 nitrogen and oxygen atoms in total. The molecule has 4 aliphatic rings. The highest BCUT2D eigenvalue weighted by atomic mass is 19.1. The number of hydrogen-bond acceptors (Lipinski definition) is 2. The molecule has 12 rings (SSSR count). The van der Waals surface area contributed by atoms with Gasteiger partial charge in [0.2, 0.25) is 0 Å². The predicted octanol–water partition coefficient (Wildman–Crippen LogP) is 19.2. The van der Waals surface area contributed by atoms with Gasteiger partial charge in [-0.15, -0.1) is 0 Å². The van der Waals surface area contributed by atoms with Gasteiger partial charge in [-0.25, -0.2) is 8.78 Å². The summed E-state index contributed by atoms with van der Waals surface area (Å²) >= 11 is 0. The van der Waals surface area contributed by atoms with Gasteiger partial charge in [0.15, 0.2) is 0 Å². The van der Waals surface area contributed by atoms with E-state index in [0.717, 1.165) is 89.7 Å². The molecule has 76 heavy (non-hydrogen) atoms. The molecular formula is C72H60F2N2. The Morgan fingerprint density at radius 1 is 0.395 bits per heavy atom. The molecule has 0 N–H and O–H groups in total. The molecule has 0 fully saturated rings. The third-order valence-electron chi connectivity index (χ3n) is 16.4. The van der Waals surface area contributed by atoms with Crippen LogP contribution in [0, 0.1) is 72.9 Å². The van der Waals surface area contributed by atoms with Gasteiger partial charge in [0, 0.05) is 34.1 Å². The second-order valence-corrected chi connectivity index (χ2v) is 21.2. The van der Waals surface area contributed by atoms with Gasteiger partial charge in [-0.1, -0.05) is 140 Å². The van der Waals surface area contributed by atoms with Gasteiger partial charge in [0.25, 0.3) is 0 Å². The average Bonchev–Trinajstić information content (AvgIpc) is 3.60. The van der Waals surface area contributed by atoms with Crippen LogP contribution in [0.1, 0.15) is 44.5 Å².